The highest BCUT2D eigenvalue weighted by atomic mass is 127. The first-order valence-electron chi connectivity index (χ1n) is 4.22. The van der Waals surface area contributed by atoms with Crippen molar-refractivity contribution < 1.29 is 26.3 Å². The highest BCUT2D eigenvalue weighted by Crippen LogP contribution is 2.37. The Morgan fingerprint density at radius 1 is 1.06 bits per heavy atom. The molecule has 0 bridgehead atoms. The summed E-state index contributed by atoms with van der Waals surface area (Å²) >= 11 is 1.40. The average Bonchev–Trinajstić information content (AvgIpc) is 2.14. The summed E-state index contributed by atoms with van der Waals surface area (Å²) in [5.74, 6) is 0. The molecule has 0 fully saturated rings. The van der Waals surface area contributed by atoms with Gasteiger partial charge in [-0.2, -0.15) is 26.3 Å². The summed E-state index contributed by atoms with van der Waals surface area (Å²) in [5, 5.41) is 0. The van der Waals surface area contributed by atoms with E-state index in [1.165, 1.54) is 22.6 Å². The van der Waals surface area contributed by atoms with Crippen molar-refractivity contribution in [1.29, 1.82) is 0 Å². The molecule has 0 aliphatic heterocycles. The van der Waals surface area contributed by atoms with Crippen molar-refractivity contribution >= 4 is 22.6 Å². The van der Waals surface area contributed by atoms with Gasteiger partial charge in [-0.25, -0.2) is 0 Å². The largest absolute Gasteiger partial charge is 0.417 e. The molecule has 1 nitrogen and oxygen atoms in total. The van der Waals surface area contributed by atoms with Gasteiger partial charge in [0.2, 0.25) is 0 Å². The minimum absolute atomic E-state index is 0.173. The van der Waals surface area contributed by atoms with Gasteiger partial charge in [-0.05, 0) is 40.3 Å². The third kappa shape index (κ3) is 3.47. The lowest BCUT2D eigenvalue weighted by Crippen LogP contribution is -2.28. The second kappa shape index (κ2) is 4.63. The van der Waals surface area contributed by atoms with Gasteiger partial charge in [0.1, 0.15) is 6.04 Å². The van der Waals surface area contributed by atoms with Crippen molar-refractivity contribution in [3.63, 3.8) is 0 Å². The first-order chi connectivity index (χ1) is 7.53. The van der Waals surface area contributed by atoms with E-state index in [0.717, 1.165) is 12.1 Å². The van der Waals surface area contributed by atoms with E-state index in [2.05, 4.69) is 0 Å². The fourth-order valence-electron chi connectivity index (χ4n) is 1.14. The Kier molecular flexibility index (Phi) is 3.97. The molecule has 1 aromatic rings. The third-order valence-corrected chi connectivity index (χ3v) is 2.95. The molecule has 1 aromatic carbocycles. The van der Waals surface area contributed by atoms with Gasteiger partial charge in [0.25, 0.3) is 0 Å². The van der Waals surface area contributed by atoms with E-state index in [1.54, 1.807) is 0 Å². The van der Waals surface area contributed by atoms with Gasteiger partial charge in [-0.15, -0.1) is 0 Å². The van der Waals surface area contributed by atoms with E-state index >= 15 is 0 Å². The van der Waals surface area contributed by atoms with Crippen molar-refractivity contribution in [2.45, 2.75) is 18.4 Å². The predicted octanol–water partition coefficient (Wildman–Crippen LogP) is 3.87. The molecule has 0 aliphatic rings. The molecule has 0 aliphatic carbocycles. The number of rotatable bonds is 1. The highest BCUT2D eigenvalue weighted by Gasteiger charge is 2.40. The van der Waals surface area contributed by atoms with Crippen LogP contribution in [0, 0.1) is 3.57 Å². The first kappa shape index (κ1) is 14.6. The molecule has 0 spiro atoms. The molecule has 1 atom stereocenters. The standard InChI is InChI=1S/C9H6F6IN/c10-8(11,12)5-3-4(1-2-6(5)16)7(17)9(13,14)15/h1-3,7H,17H2/t7-/m1/s1. The summed E-state index contributed by atoms with van der Waals surface area (Å²) in [6.45, 7) is 0. The Morgan fingerprint density at radius 2 is 1.59 bits per heavy atom. The molecule has 1 rings (SSSR count). The Bertz CT molecular complexity index is 411. The maximum atomic E-state index is 12.5. The minimum Gasteiger partial charge on any atom is -0.316 e. The summed E-state index contributed by atoms with van der Waals surface area (Å²) in [6, 6.07) is -0.0834. The van der Waals surface area contributed by atoms with Crippen LogP contribution in [0.1, 0.15) is 17.2 Å². The maximum absolute atomic E-state index is 12.5. The summed E-state index contributed by atoms with van der Waals surface area (Å²) in [7, 11) is 0. The van der Waals surface area contributed by atoms with Crippen molar-refractivity contribution in [1.82, 2.24) is 0 Å². The highest BCUT2D eigenvalue weighted by molar-refractivity contribution is 14.1. The van der Waals surface area contributed by atoms with E-state index in [0.29, 0.717) is 6.07 Å². The predicted molar refractivity (Wildman–Crippen MR) is 57.1 cm³/mol. The van der Waals surface area contributed by atoms with Crippen LogP contribution < -0.4 is 5.73 Å². The third-order valence-electron chi connectivity index (χ3n) is 2.01. The SMILES string of the molecule is N[C@H](c1ccc(I)c(C(F)(F)F)c1)C(F)(F)F. The minimum atomic E-state index is -4.77. The zero-order valence-corrected chi connectivity index (χ0v) is 10.2. The van der Waals surface area contributed by atoms with Crippen LogP contribution >= 0.6 is 22.6 Å². The van der Waals surface area contributed by atoms with E-state index in [9.17, 15) is 26.3 Å². The van der Waals surface area contributed by atoms with E-state index < -0.39 is 29.5 Å². The topological polar surface area (TPSA) is 26.0 Å². The lowest BCUT2D eigenvalue weighted by atomic mass is 10.0. The number of benzene rings is 1. The number of hydrogen-bond acceptors (Lipinski definition) is 1. The zero-order chi connectivity index (χ0) is 13.4. The van der Waals surface area contributed by atoms with Gasteiger partial charge >= 0.3 is 12.4 Å². The molecule has 0 saturated carbocycles. The number of halogens is 7. The normalized spacial score (nSPS) is 14.8. The summed E-state index contributed by atoms with van der Waals surface area (Å²) in [4.78, 5) is 0. The number of hydrogen-bond donors (Lipinski definition) is 1. The van der Waals surface area contributed by atoms with E-state index in [-0.39, 0.29) is 3.57 Å². The second-order valence-electron chi connectivity index (χ2n) is 3.26. The molecular weight excluding hydrogens is 363 g/mol. The first-order valence-corrected chi connectivity index (χ1v) is 5.30. The monoisotopic (exact) mass is 369 g/mol. The van der Waals surface area contributed by atoms with Crippen LogP contribution in [0.5, 0.6) is 0 Å². The quantitative estimate of drug-likeness (QED) is 0.591. The van der Waals surface area contributed by atoms with E-state index in [4.69, 9.17) is 5.73 Å². The summed E-state index contributed by atoms with van der Waals surface area (Å²) in [5.41, 5.74) is 3.12. The molecule has 0 aromatic heterocycles. The Hall–Kier alpha value is -0.510. The average molecular weight is 369 g/mol. The Balaban J connectivity index is 3.23. The van der Waals surface area contributed by atoms with Crippen LogP contribution in [0.4, 0.5) is 26.3 Å². The van der Waals surface area contributed by atoms with Crippen LogP contribution in [0.25, 0.3) is 0 Å². The maximum Gasteiger partial charge on any atom is 0.417 e. The number of nitrogens with two attached hydrogens (primary N) is 1. The van der Waals surface area contributed by atoms with Crippen LogP contribution in [0.15, 0.2) is 18.2 Å². The fraction of sp³-hybridized carbons (Fsp3) is 0.333. The molecule has 0 saturated heterocycles. The second-order valence-corrected chi connectivity index (χ2v) is 4.42. The van der Waals surface area contributed by atoms with Crippen LogP contribution in [-0.4, -0.2) is 6.18 Å². The lowest BCUT2D eigenvalue weighted by Gasteiger charge is -2.18. The smallest absolute Gasteiger partial charge is 0.316 e. The summed E-state index contributed by atoms with van der Waals surface area (Å²) in [6.07, 6.45) is -9.46. The van der Waals surface area contributed by atoms with Crippen LogP contribution in [0.2, 0.25) is 0 Å². The van der Waals surface area contributed by atoms with Crippen molar-refractivity contribution in [3.05, 3.63) is 32.9 Å². The van der Waals surface area contributed by atoms with Crippen LogP contribution in [0.3, 0.4) is 0 Å². The lowest BCUT2D eigenvalue weighted by molar-refractivity contribution is -0.150. The van der Waals surface area contributed by atoms with Gasteiger partial charge in [-0.3, -0.25) is 0 Å². The molecule has 17 heavy (non-hydrogen) atoms. The molecule has 0 amide bonds. The summed E-state index contributed by atoms with van der Waals surface area (Å²) < 4.78 is 74.0. The van der Waals surface area contributed by atoms with Crippen molar-refractivity contribution in [2.24, 2.45) is 5.73 Å². The van der Waals surface area contributed by atoms with Gasteiger partial charge in [0.05, 0.1) is 5.56 Å². The molecule has 0 heterocycles. The molecule has 2 N–H and O–H groups in total. The fourth-order valence-corrected chi connectivity index (χ4v) is 1.78. The van der Waals surface area contributed by atoms with Crippen molar-refractivity contribution in [2.75, 3.05) is 0 Å². The van der Waals surface area contributed by atoms with Crippen molar-refractivity contribution in [3.8, 4) is 0 Å². The van der Waals surface area contributed by atoms with Gasteiger partial charge in [-0.1, -0.05) is 6.07 Å². The zero-order valence-electron chi connectivity index (χ0n) is 8.03. The van der Waals surface area contributed by atoms with Gasteiger partial charge in [0, 0.05) is 3.57 Å². The molecule has 0 unspecified atom stereocenters. The Morgan fingerprint density at radius 3 is 2.00 bits per heavy atom. The van der Waals surface area contributed by atoms with Crippen LogP contribution in [-0.2, 0) is 6.18 Å². The van der Waals surface area contributed by atoms with E-state index in [1.807, 2.05) is 0 Å². The Labute approximate surface area is 106 Å². The van der Waals surface area contributed by atoms with Gasteiger partial charge < -0.3 is 5.73 Å². The molecule has 0 radical (unpaired) electrons. The number of alkyl halides is 6. The molecule has 8 heteroatoms. The molecule has 96 valence electrons. The van der Waals surface area contributed by atoms with Gasteiger partial charge in [0.15, 0.2) is 0 Å². The molecular formula is C9H6F6IN.